The van der Waals surface area contributed by atoms with Gasteiger partial charge in [-0.3, -0.25) is 14.3 Å². The van der Waals surface area contributed by atoms with E-state index in [2.05, 4.69) is 14.7 Å². The van der Waals surface area contributed by atoms with Crippen molar-refractivity contribution in [3.8, 4) is 34.0 Å². The lowest BCUT2D eigenvalue weighted by atomic mass is 9.86. The Kier molecular flexibility index (Phi) is 15.3. The summed E-state index contributed by atoms with van der Waals surface area (Å²) in [6.45, 7) is 9.82. The monoisotopic (exact) mass is 958 g/mol. The number of furan rings is 1. The largest absolute Gasteiger partial charge is 0.481 e. The van der Waals surface area contributed by atoms with E-state index >= 15 is 8.78 Å². The Balaban J connectivity index is 1.24. The third-order valence-corrected chi connectivity index (χ3v) is 14.2. The average Bonchev–Trinajstić information content (AvgIpc) is 3.80. The summed E-state index contributed by atoms with van der Waals surface area (Å²) in [6.07, 6.45) is 3.37. The summed E-state index contributed by atoms with van der Waals surface area (Å²) < 4.78 is 105. The zero-order valence-corrected chi connectivity index (χ0v) is 39.6. The van der Waals surface area contributed by atoms with Crippen LogP contribution in [0, 0.1) is 11.6 Å². The fourth-order valence-corrected chi connectivity index (χ4v) is 9.55. The van der Waals surface area contributed by atoms with Crippen LogP contribution in [0.1, 0.15) is 98.4 Å². The maximum Gasteiger partial charge on any atom is 0.297 e. The van der Waals surface area contributed by atoms with Crippen LogP contribution in [-0.4, -0.2) is 57.4 Å². The molecule has 18 heteroatoms. The number of nitrogens with zero attached hydrogens (tertiary/aromatic N) is 2. The lowest BCUT2D eigenvalue weighted by molar-refractivity contribution is -0.119. The van der Waals surface area contributed by atoms with Crippen LogP contribution in [0.15, 0.2) is 113 Å². The molecule has 2 amide bonds. The number of benzene rings is 3. The number of carbonyl (C=O) groups is 2. The van der Waals surface area contributed by atoms with Gasteiger partial charge < -0.3 is 19.0 Å². The number of sulfonamides is 2. The fourth-order valence-electron chi connectivity index (χ4n) is 7.54. The van der Waals surface area contributed by atoms with E-state index in [1.165, 1.54) is 64.5 Å². The highest BCUT2D eigenvalue weighted by Gasteiger charge is 2.29. The molecule has 0 radical (unpaired) electrons. The molecule has 2 unspecified atom stereocenters. The van der Waals surface area contributed by atoms with E-state index < -0.39 is 78.2 Å². The summed E-state index contributed by atoms with van der Waals surface area (Å²) in [6, 6.07) is 21.0. The summed E-state index contributed by atoms with van der Waals surface area (Å²) in [5, 5.41) is 8.65. The molecule has 2 atom stereocenters. The molecule has 3 heterocycles. The lowest BCUT2D eigenvalue weighted by Gasteiger charge is -2.21. The van der Waals surface area contributed by atoms with E-state index in [0.29, 0.717) is 50.1 Å². The molecule has 3 aromatic carbocycles. The number of halogens is 2. The number of methoxy groups -OCH3 is 1. The van der Waals surface area contributed by atoms with Crippen molar-refractivity contribution >= 4 is 31.9 Å². The van der Waals surface area contributed by atoms with E-state index in [1.807, 2.05) is 25.5 Å². The van der Waals surface area contributed by atoms with Crippen molar-refractivity contribution < 1.29 is 54.2 Å². The van der Waals surface area contributed by atoms with Gasteiger partial charge in [0, 0.05) is 36.2 Å². The quantitative estimate of drug-likeness (QED) is 0.0700. The van der Waals surface area contributed by atoms with Gasteiger partial charge in [-0.25, -0.2) is 31.9 Å². The van der Waals surface area contributed by atoms with Gasteiger partial charge in [0.2, 0.25) is 38.7 Å². The number of hydrogen-bond acceptors (Lipinski definition) is 12. The smallest absolute Gasteiger partial charge is 0.297 e. The zero-order chi connectivity index (χ0) is 48.8. The van der Waals surface area contributed by atoms with Crippen LogP contribution in [0.25, 0.3) is 22.3 Å². The van der Waals surface area contributed by atoms with E-state index in [4.69, 9.17) is 13.9 Å². The molecule has 0 aliphatic carbocycles. The standard InChI is InChI=1S/C49H52F2N4O10S2/c1-29(2)38-22-36(50)24-40(42(38)26-45(57)55-67(61,62)48-21-35(28-65-48)49(5,6)58)34-14-17-53-47(20-34)64-18-15-30(3)39-23-37(51)25-41(33-13-16-52-46(19-33)63-7)43(39)27-44(56)54-66(59,60)31(4)32-11-9-8-10-12-32/h8-14,16-17,19-25,28-31,58H,15,18,26-27H2,1-7H3,(H,54,56)(H,55,57). The summed E-state index contributed by atoms with van der Waals surface area (Å²) >= 11 is 0. The minimum Gasteiger partial charge on any atom is -0.481 e. The number of aromatic nitrogens is 2. The minimum absolute atomic E-state index is 0.0244. The molecule has 0 bridgehead atoms. The first kappa shape index (κ1) is 49.9. The molecule has 0 spiro atoms. The first-order chi connectivity index (χ1) is 31.6. The van der Waals surface area contributed by atoms with Gasteiger partial charge in [-0.2, -0.15) is 8.42 Å². The Bertz CT molecular complexity index is 2990. The van der Waals surface area contributed by atoms with Gasteiger partial charge in [-0.05, 0) is 125 Å². The first-order valence-electron chi connectivity index (χ1n) is 21.3. The van der Waals surface area contributed by atoms with Crippen molar-refractivity contribution in [1.29, 1.82) is 0 Å². The number of hydrogen-bond donors (Lipinski definition) is 3. The summed E-state index contributed by atoms with van der Waals surface area (Å²) in [7, 11) is -7.24. The molecule has 0 fully saturated rings. The molecule has 354 valence electrons. The van der Waals surface area contributed by atoms with Gasteiger partial charge >= 0.3 is 0 Å². The number of rotatable bonds is 19. The average molecular weight is 959 g/mol. The van der Waals surface area contributed by atoms with Gasteiger partial charge in [0.25, 0.3) is 10.0 Å². The number of amides is 2. The van der Waals surface area contributed by atoms with Crippen LogP contribution in [0.3, 0.4) is 0 Å². The molecular formula is C49H52F2N4O10S2. The van der Waals surface area contributed by atoms with E-state index in [9.17, 15) is 31.5 Å². The minimum atomic E-state index is -4.49. The lowest BCUT2D eigenvalue weighted by Crippen LogP contribution is -2.35. The van der Waals surface area contributed by atoms with Crippen LogP contribution in [-0.2, 0) is 48.1 Å². The molecule has 0 saturated carbocycles. The highest BCUT2D eigenvalue weighted by molar-refractivity contribution is 7.90. The molecule has 67 heavy (non-hydrogen) atoms. The number of nitrogens with one attached hydrogen (secondary N) is 2. The molecule has 14 nitrogen and oxygen atoms in total. The highest BCUT2D eigenvalue weighted by Crippen LogP contribution is 2.36. The third kappa shape index (κ3) is 12.3. The maximum atomic E-state index is 15.6. The van der Waals surface area contributed by atoms with Gasteiger partial charge in [-0.15, -0.1) is 0 Å². The summed E-state index contributed by atoms with van der Waals surface area (Å²) in [5.41, 5.74) is 2.43. The van der Waals surface area contributed by atoms with E-state index in [1.54, 1.807) is 54.6 Å². The normalized spacial score (nSPS) is 12.9. The van der Waals surface area contributed by atoms with Crippen molar-refractivity contribution in [2.24, 2.45) is 0 Å². The SMILES string of the molecule is COc1cc(-c2cc(F)cc(C(C)CCOc3cc(-c4cc(F)cc(C(C)C)c4CC(=O)NS(=O)(=O)c4cc(C(C)(C)O)co4)ccn3)c2CC(=O)NS(=O)(=O)C(C)c2ccccc2)ccn1. The molecule has 0 saturated heterocycles. The predicted molar refractivity (Wildman–Crippen MR) is 247 cm³/mol. The molecule has 6 aromatic rings. The van der Waals surface area contributed by atoms with Crippen molar-refractivity contribution in [3.05, 3.63) is 149 Å². The van der Waals surface area contributed by atoms with Gasteiger partial charge in [0.15, 0.2) is 0 Å². The van der Waals surface area contributed by atoms with Gasteiger partial charge in [-0.1, -0.05) is 51.1 Å². The van der Waals surface area contributed by atoms with E-state index in [-0.39, 0.29) is 36.3 Å². The second-order valence-corrected chi connectivity index (χ2v) is 20.5. The zero-order valence-electron chi connectivity index (χ0n) is 38.0. The molecule has 0 aliphatic rings. The molecular weight excluding hydrogens is 907 g/mol. The Morgan fingerprint density at radius 3 is 1.88 bits per heavy atom. The number of carbonyl (C=O) groups excluding carboxylic acids is 2. The van der Waals surface area contributed by atoms with Crippen molar-refractivity contribution in [2.45, 2.75) is 88.6 Å². The topological polar surface area (TPSA) is 204 Å². The second-order valence-electron chi connectivity index (χ2n) is 16.9. The van der Waals surface area contributed by atoms with Crippen LogP contribution in [0.5, 0.6) is 11.8 Å². The van der Waals surface area contributed by atoms with Gasteiger partial charge in [0.05, 0.1) is 38.4 Å². The van der Waals surface area contributed by atoms with Crippen LogP contribution >= 0.6 is 0 Å². The number of aliphatic hydroxyl groups is 1. The molecule has 6 rings (SSSR count). The van der Waals surface area contributed by atoms with Crippen molar-refractivity contribution in [3.63, 3.8) is 0 Å². The predicted octanol–water partition coefficient (Wildman–Crippen LogP) is 8.41. The van der Waals surface area contributed by atoms with Crippen molar-refractivity contribution in [2.75, 3.05) is 13.7 Å². The first-order valence-corrected chi connectivity index (χ1v) is 24.3. The van der Waals surface area contributed by atoms with Crippen LogP contribution < -0.4 is 18.9 Å². The Morgan fingerprint density at radius 2 is 1.31 bits per heavy atom. The third-order valence-electron chi connectivity index (χ3n) is 11.2. The molecule has 3 N–H and O–H groups in total. The summed E-state index contributed by atoms with van der Waals surface area (Å²) in [4.78, 5) is 35.5. The molecule has 0 aliphatic heterocycles. The number of ether oxygens (including phenoxy) is 2. The van der Waals surface area contributed by atoms with Crippen LogP contribution in [0.2, 0.25) is 0 Å². The highest BCUT2D eigenvalue weighted by atomic mass is 32.2. The van der Waals surface area contributed by atoms with E-state index in [0.717, 1.165) is 12.3 Å². The Hall–Kier alpha value is -6.50. The summed E-state index contributed by atoms with van der Waals surface area (Å²) in [5.74, 6) is -3.32. The second kappa shape index (κ2) is 20.6. The Morgan fingerprint density at radius 1 is 0.761 bits per heavy atom. The maximum absolute atomic E-state index is 15.6. The molecule has 3 aromatic heterocycles. The fraction of sp³-hybridized carbons (Fsp3) is 0.306. The van der Waals surface area contributed by atoms with Crippen molar-refractivity contribution in [1.82, 2.24) is 19.4 Å². The Labute approximate surface area is 388 Å². The number of pyridine rings is 2. The van der Waals surface area contributed by atoms with Gasteiger partial charge in [0.1, 0.15) is 16.9 Å². The van der Waals surface area contributed by atoms with Crippen LogP contribution in [0.4, 0.5) is 8.78 Å².